The summed E-state index contributed by atoms with van der Waals surface area (Å²) in [6.45, 7) is 5.73. The highest BCUT2D eigenvalue weighted by molar-refractivity contribution is 7.90. The molecular formula is C13H28N2O2S. The minimum atomic E-state index is -2.90. The lowest BCUT2D eigenvalue weighted by Crippen LogP contribution is -2.56. The number of hydrogen-bond acceptors (Lipinski definition) is 4. The Morgan fingerprint density at radius 3 is 2.17 bits per heavy atom. The number of nitrogens with zero attached hydrogens (tertiary/aromatic N) is 1. The first-order valence-electron chi connectivity index (χ1n) is 6.77. The van der Waals surface area contributed by atoms with Gasteiger partial charge in [0.1, 0.15) is 9.84 Å². The summed E-state index contributed by atoms with van der Waals surface area (Å²) in [5, 5.41) is 0. The summed E-state index contributed by atoms with van der Waals surface area (Å²) in [6.07, 6.45) is 4.70. The van der Waals surface area contributed by atoms with Crippen LogP contribution in [0.3, 0.4) is 0 Å². The predicted octanol–water partition coefficient (Wildman–Crippen LogP) is 1.12. The molecule has 2 atom stereocenters. The summed E-state index contributed by atoms with van der Waals surface area (Å²) < 4.78 is 22.6. The lowest BCUT2D eigenvalue weighted by molar-refractivity contribution is 0.0433. The van der Waals surface area contributed by atoms with E-state index in [1.807, 2.05) is 7.05 Å². The fourth-order valence-corrected chi connectivity index (χ4v) is 4.01. The largest absolute Gasteiger partial charge is 0.329 e. The predicted molar refractivity (Wildman–Crippen MR) is 76.3 cm³/mol. The summed E-state index contributed by atoms with van der Waals surface area (Å²) in [6, 6.07) is 0. The highest BCUT2D eigenvalue weighted by atomic mass is 32.2. The summed E-state index contributed by atoms with van der Waals surface area (Å²) in [5.74, 6) is 1.55. The number of nitrogens with two attached hydrogens (primary N) is 1. The maximum atomic E-state index is 11.3. The number of sulfone groups is 1. The van der Waals surface area contributed by atoms with Gasteiger partial charge in [-0.25, -0.2) is 8.42 Å². The van der Waals surface area contributed by atoms with Crippen molar-refractivity contribution in [3.8, 4) is 0 Å². The van der Waals surface area contributed by atoms with Gasteiger partial charge in [0.05, 0.1) is 5.75 Å². The first kappa shape index (κ1) is 15.9. The summed E-state index contributed by atoms with van der Waals surface area (Å²) >= 11 is 0. The van der Waals surface area contributed by atoms with Crippen molar-refractivity contribution in [2.45, 2.75) is 38.6 Å². The van der Waals surface area contributed by atoms with Gasteiger partial charge in [0.2, 0.25) is 0 Å². The van der Waals surface area contributed by atoms with Gasteiger partial charge >= 0.3 is 0 Å². The third kappa shape index (κ3) is 4.21. The van der Waals surface area contributed by atoms with E-state index in [1.165, 1.54) is 12.7 Å². The zero-order valence-electron chi connectivity index (χ0n) is 12.1. The van der Waals surface area contributed by atoms with Gasteiger partial charge in [0.15, 0.2) is 0 Å². The number of hydrogen-bond donors (Lipinski definition) is 1. The molecule has 1 saturated carbocycles. The van der Waals surface area contributed by atoms with Gasteiger partial charge in [-0.05, 0) is 38.1 Å². The van der Waals surface area contributed by atoms with Gasteiger partial charge in [-0.2, -0.15) is 0 Å². The monoisotopic (exact) mass is 276 g/mol. The second kappa shape index (κ2) is 5.88. The topological polar surface area (TPSA) is 63.4 Å². The standard InChI is InChI=1S/C13H28N2O2S/c1-11-7-12(2)9-13(8-11,10-14)15(3)5-6-18(4,16)17/h11-12H,5-10,14H2,1-4H3. The fraction of sp³-hybridized carbons (Fsp3) is 1.00. The SMILES string of the molecule is CC1CC(C)CC(CN)(N(C)CCS(C)(=O)=O)C1. The Bertz CT molecular complexity index is 357. The molecule has 5 heteroatoms. The molecule has 108 valence electrons. The van der Waals surface area contributed by atoms with E-state index in [4.69, 9.17) is 5.73 Å². The molecule has 4 nitrogen and oxygen atoms in total. The quantitative estimate of drug-likeness (QED) is 0.817. The smallest absolute Gasteiger partial charge is 0.148 e. The maximum absolute atomic E-state index is 11.3. The van der Waals surface area contributed by atoms with Crippen LogP contribution in [0.15, 0.2) is 0 Å². The lowest BCUT2D eigenvalue weighted by atomic mass is 9.71. The zero-order chi connectivity index (χ0) is 14.0. The molecule has 1 aliphatic carbocycles. The summed E-state index contributed by atoms with van der Waals surface area (Å²) in [7, 11) is -0.886. The molecule has 0 amide bonds. The van der Waals surface area contributed by atoms with Crippen molar-refractivity contribution in [2.75, 3.05) is 32.1 Å². The Kier molecular flexibility index (Phi) is 5.21. The first-order chi connectivity index (χ1) is 8.18. The van der Waals surface area contributed by atoms with Crippen LogP contribution in [0.2, 0.25) is 0 Å². The highest BCUT2D eigenvalue weighted by Gasteiger charge is 2.39. The molecular weight excluding hydrogens is 248 g/mol. The zero-order valence-corrected chi connectivity index (χ0v) is 13.0. The van der Waals surface area contributed by atoms with Gasteiger partial charge in [0, 0.05) is 24.9 Å². The average molecular weight is 276 g/mol. The molecule has 2 unspecified atom stereocenters. The van der Waals surface area contributed by atoms with Crippen molar-refractivity contribution in [1.29, 1.82) is 0 Å². The van der Waals surface area contributed by atoms with E-state index in [0.29, 0.717) is 24.9 Å². The molecule has 0 spiro atoms. The molecule has 18 heavy (non-hydrogen) atoms. The van der Waals surface area contributed by atoms with Gasteiger partial charge in [-0.1, -0.05) is 13.8 Å². The van der Waals surface area contributed by atoms with Crippen LogP contribution in [0.4, 0.5) is 0 Å². The van der Waals surface area contributed by atoms with Crippen molar-refractivity contribution in [3.63, 3.8) is 0 Å². The van der Waals surface area contributed by atoms with E-state index < -0.39 is 9.84 Å². The van der Waals surface area contributed by atoms with Gasteiger partial charge < -0.3 is 5.73 Å². The second-order valence-electron chi connectivity index (χ2n) is 6.33. The Labute approximate surface area is 112 Å². The van der Waals surface area contributed by atoms with Crippen molar-refractivity contribution in [1.82, 2.24) is 4.90 Å². The Hall–Kier alpha value is -0.130. The molecule has 1 rings (SSSR count). The molecule has 0 aromatic rings. The van der Waals surface area contributed by atoms with Crippen LogP contribution in [0.5, 0.6) is 0 Å². The van der Waals surface area contributed by atoms with Crippen LogP contribution in [0.25, 0.3) is 0 Å². The minimum Gasteiger partial charge on any atom is -0.329 e. The average Bonchev–Trinajstić information content (AvgIpc) is 2.23. The van der Waals surface area contributed by atoms with Crippen molar-refractivity contribution in [3.05, 3.63) is 0 Å². The molecule has 0 aromatic carbocycles. The Morgan fingerprint density at radius 1 is 1.28 bits per heavy atom. The summed E-state index contributed by atoms with van der Waals surface area (Å²) in [4.78, 5) is 2.18. The molecule has 2 N–H and O–H groups in total. The Balaban J connectivity index is 2.74. The highest BCUT2D eigenvalue weighted by Crippen LogP contribution is 2.38. The van der Waals surface area contributed by atoms with Gasteiger partial charge in [-0.15, -0.1) is 0 Å². The van der Waals surface area contributed by atoms with E-state index in [2.05, 4.69) is 18.7 Å². The lowest BCUT2D eigenvalue weighted by Gasteiger charge is -2.48. The van der Waals surface area contributed by atoms with Crippen LogP contribution >= 0.6 is 0 Å². The second-order valence-corrected chi connectivity index (χ2v) is 8.59. The van der Waals surface area contributed by atoms with Crippen LogP contribution in [-0.2, 0) is 9.84 Å². The molecule has 0 radical (unpaired) electrons. The van der Waals surface area contributed by atoms with Gasteiger partial charge in [0.25, 0.3) is 0 Å². The van der Waals surface area contributed by atoms with Crippen molar-refractivity contribution < 1.29 is 8.42 Å². The van der Waals surface area contributed by atoms with Crippen molar-refractivity contribution in [2.24, 2.45) is 17.6 Å². The van der Waals surface area contributed by atoms with E-state index in [1.54, 1.807) is 0 Å². The molecule has 1 aliphatic rings. The molecule has 0 aromatic heterocycles. The van der Waals surface area contributed by atoms with E-state index in [-0.39, 0.29) is 11.3 Å². The van der Waals surface area contributed by atoms with E-state index >= 15 is 0 Å². The van der Waals surface area contributed by atoms with E-state index in [0.717, 1.165) is 12.8 Å². The fourth-order valence-electron chi connectivity index (χ4n) is 3.41. The maximum Gasteiger partial charge on any atom is 0.148 e. The number of likely N-dealkylation sites (N-methyl/N-ethyl adjacent to an activating group) is 1. The van der Waals surface area contributed by atoms with E-state index in [9.17, 15) is 8.42 Å². The first-order valence-corrected chi connectivity index (χ1v) is 8.83. The van der Waals surface area contributed by atoms with Crippen LogP contribution < -0.4 is 5.73 Å². The normalized spacial score (nSPS) is 33.9. The van der Waals surface area contributed by atoms with Crippen LogP contribution in [0.1, 0.15) is 33.1 Å². The molecule has 0 aliphatic heterocycles. The van der Waals surface area contributed by atoms with Crippen LogP contribution in [-0.4, -0.2) is 51.0 Å². The third-order valence-electron chi connectivity index (χ3n) is 4.25. The third-order valence-corrected chi connectivity index (χ3v) is 5.17. The molecule has 1 fully saturated rings. The van der Waals surface area contributed by atoms with Crippen molar-refractivity contribution >= 4 is 9.84 Å². The minimum absolute atomic E-state index is 0.0121. The Morgan fingerprint density at radius 2 is 1.78 bits per heavy atom. The summed E-state index contributed by atoms with van der Waals surface area (Å²) in [5.41, 5.74) is 6.00. The molecule has 0 heterocycles. The number of rotatable bonds is 5. The molecule has 0 bridgehead atoms. The van der Waals surface area contributed by atoms with Gasteiger partial charge in [-0.3, -0.25) is 4.90 Å². The van der Waals surface area contributed by atoms with Crippen LogP contribution in [0, 0.1) is 11.8 Å². The molecule has 0 saturated heterocycles.